The highest BCUT2D eigenvalue weighted by Crippen LogP contribution is 2.72. The van der Waals surface area contributed by atoms with Gasteiger partial charge < -0.3 is 28.8 Å². The van der Waals surface area contributed by atoms with Gasteiger partial charge in [-0.2, -0.15) is 0 Å². The van der Waals surface area contributed by atoms with Crippen LogP contribution in [-0.2, 0) is 38.1 Å². The molecule has 0 aromatic heterocycles. The van der Waals surface area contributed by atoms with Crippen molar-refractivity contribution in [3.63, 3.8) is 0 Å². The van der Waals surface area contributed by atoms with E-state index in [1.54, 1.807) is 6.92 Å². The monoisotopic (exact) mass is 502 g/mol. The zero-order chi connectivity index (χ0) is 25.7. The molecule has 0 radical (unpaired) electrons. The largest absolute Gasteiger partial charge is 0.463 e. The fraction of sp³-hybridized carbons (Fsp3) is 0.667. The first-order valence-electron chi connectivity index (χ1n) is 12.7. The summed E-state index contributed by atoms with van der Waals surface area (Å²) in [5.74, 6) is -2.34. The lowest BCUT2D eigenvalue weighted by Crippen LogP contribution is -2.66. The fourth-order valence-electron chi connectivity index (χ4n) is 6.65. The highest BCUT2D eigenvalue weighted by Gasteiger charge is 2.83. The van der Waals surface area contributed by atoms with Crippen LogP contribution in [0, 0.1) is 16.7 Å². The van der Waals surface area contributed by atoms with Gasteiger partial charge in [0.15, 0.2) is 6.10 Å². The number of hydrogen-bond donors (Lipinski definition) is 1. The molecule has 0 amide bonds. The van der Waals surface area contributed by atoms with Crippen molar-refractivity contribution in [2.24, 2.45) is 16.7 Å². The van der Waals surface area contributed by atoms with Gasteiger partial charge in [-0.1, -0.05) is 37.6 Å². The molecule has 0 aromatic rings. The standard InChI is InChI=1S/C27H34O9/c1-16-8-10-26-14-33-24(31)23(30)17(2)9-11-32-21(28)6-4-5-7-22(29)36-18-13-20(35-19(26)12-16)27(15-34-27)25(18,26)3/h4-7,12,17-20,23,30H,8-11,13-15H2,1-3H3/b6-4+,7-5-/t17-,18-,19-,20+,23+,25+,26-,27+/m1/s1. The van der Waals surface area contributed by atoms with Crippen molar-refractivity contribution >= 4 is 17.9 Å². The fourth-order valence-corrected chi connectivity index (χ4v) is 6.65. The van der Waals surface area contributed by atoms with E-state index in [1.807, 2.05) is 0 Å². The number of aliphatic hydroxyl groups excluding tert-OH is 1. The molecule has 0 unspecified atom stereocenters. The van der Waals surface area contributed by atoms with Crippen LogP contribution in [0.3, 0.4) is 0 Å². The predicted octanol–water partition coefficient (Wildman–Crippen LogP) is 2.17. The van der Waals surface area contributed by atoms with Crippen LogP contribution in [-0.4, -0.2) is 72.9 Å². The minimum Gasteiger partial charge on any atom is -0.463 e. The molecule has 9 nitrogen and oxygen atoms in total. The first kappa shape index (κ1) is 25.2. The van der Waals surface area contributed by atoms with Crippen LogP contribution in [0.4, 0.5) is 0 Å². The second kappa shape index (κ2) is 9.11. The van der Waals surface area contributed by atoms with Crippen LogP contribution >= 0.6 is 0 Å². The lowest BCUT2D eigenvalue weighted by Gasteiger charge is -2.58. The molecule has 9 heteroatoms. The van der Waals surface area contributed by atoms with Gasteiger partial charge in [-0.3, -0.25) is 0 Å². The molecule has 1 N–H and O–H groups in total. The van der Waals surface area contributed by atoms with E-state index in [1.165, 1.54) is 29.9 Å². The van der Waals surface area contributed by atoms with Crippen molar-refractivity contribution in [3.8, 4) is 0 Å². The van der Waals surface area contributed by atoms with Crippen molar-refractivity contribution in [2.75, 3.05) is 19.8 Å². The van der Waals surface area contributed by atoms with Gasteiger partial charge in [0.2, 0.25) is 0 Å². The van der Waals surface area contributed by atoms with Crippen LogP contribution in [0.2, 0.25) is 0 Å². The molecule has 3 heterocycles. The van der Waals surface area contributed by atoms with Crippen molar-refractivity contribution < 1.29 is 43.2 Å². The molecule has 196 valence electrons. The summed E-state index contributed by atoms with van der Waals surface area (Å²) < 4.78 is 29.6. The Morgan fingerprint density at radius 3 is 2.47 bits per heavy atom. The van der Waals surface area contributed by atoms with E-state index < -0.39 is 52.5 Å². The first-order valence-corrected chi connectivity index (χ1v) is 12.7. The Morgan fingerprint density at radius 1 is 1.03 bits per heavy atom. The minimum atomic E-state index is -1.37. The Labute approximate surface area is 210 Å². The van der Waals surface area contributed by atoms with E-state index in [-0.39, 0.29) is 31.8 Å². The van der Waals surface area contributed by atoms with Gasteiger partial charge in [0.05, 0.1) is 30.8 Å². The van der Waals surface area contributed by atoms with Crippen molar-refractivity contribution in [1.29, 1.82) is 0 Å². The number of esters is 3. The van der Waals surface area contributed by atoms with E-state index in [0.29, 0.717) is 19.4 Å². The van der Waals surface area contributed by atoms with Crippen molar-refractivity contribution in [1.82, 2.24) is 0 Å². The predicted molar refractivity (Wildman–Crippen MR) is 125 cm³/mol. The van der Waals surface area contributed by atoms with Gasteiger partial charge in [-0.25, -0.2) is 14.4 Å². The molecule has 0 aromatic carbocycles. The van der Waals surface area contributed by atoms with Crippen LogP contribution in [0.5, 0.6) is 0 Å². The lowest BCUT2D eigenvalue weighted by molar-refractivity contribution is -0.234. The Bertz CT molecular complexity index is 1020. The maximum atomic E-state index is 12.9. The van der Waals surface area contributed by atoms with Crippen LogP contribution in [0.25, 0.3) is 0 Å². The highest BCUT2D eigenvalue weighted by molar-refractivity contribution is 5.84. The lowest BCUT2D eigenvalue weighted by atomic mass is 9.51. The van der Waals surface area contributed by atoms with Crippen LogP contribution in [0.1, 0.15) is 46.5 Å². The second-order valence-corrected chi connectivity index (χ2v) is 11.0. The summed E-state index contributed by atoms with van der Waals surface area (Å²) in [7, 11) is 0. The molecule has 2 aliphatic carbocycles. The van der Waals surface area contributed by atoms with Gasteiger partial charge in [0, 0.05) is 24.0 Å². The SMILES string of the molecule is CC1=C[C@H]2O[C@H]3C[C@H]4OC(=O)/C=C\C=C\C(=O)OCC[C@@H](C)[C@H](O)C(=O)OC[C@@]2(CC1)[C@@]4(C)[C@]31CO1. The number of rotatable bonds is 0. The average molecular weight is 503 g/mol. The number of epoxide rings is 1. The third-order valence-corrected chi connectivity index (χ3v) is 9.12. The van der Waals surface area contributed by atoms with Gasteiger partial charge in [0.25, 0.3) is 0 Å². The maximum Gasteiger partial charge on any atom is 0.335 e. The molecule has 5 rings (SSSR count). The van der Waals surface area contributed by atoms with Gasteiger partial charge in [0.1, 0.15) is 18.3 Å². The molecular formula is C27H34O9. The summed E-state index contributed by atoms with van der Waals surface area (Å²) in [6.07, 6.45) is 7.11. The smallest absolute Gasteiger partial charge is 0.335 e. The number of aliphatic hydroxyl groups is 1. The number of cyclic esters (lactones) is 2. The molecule has 2 bridgehead atoms. The molecule has 3 aliphatic heterocycles. The Hall–Kier alpha value is -2.49. The second-order valence-electron chi connectivity index (χ2n) is 11.0. The summed E-state index contributed by atoms with van der Waals surface area (Å²) in [5, 5.41) is 10.6. The summed E-state index contributed by atoms with van der Waals surface area (Å²) in [6.45, 7) is 6.34. The Balaban J connectivity index is 1.52. The summed E-state index contributed by atoms with van der Waals surface area (Å²) in [5.41, 5.74) is -0.820. The van der Waals surface area contributed by atoms with Gasteiger partial charge in [-0.15, -0.1) is 0 Å². The molecule has 1 saturated carbocycles. The molecule has 2 saturated heterocycles. The number of allylic oxidation sites excluding steroid dienone is 3. The van der Waals surface area contributed by atoms with E-state index >= 15 is 0 Å². The average Bonchev–Trinajstić information content (AvgIpc) is 3.62. The quantitative estimate of drug-likeness (QED) is 0.230. The summed E-state index contributed by atoms with van der Waals surface area (Å²) in [4.78, 5) is 37.6. The molecule has 5 aliphatic rings. The van der Waals surface area contributed by atoms with Crippen molar-refractivity contribution in [3.05, 3.63) is 36.0 Å². The zero-order valence-corrected chi connectivity index (χ0v) is 20.9. The van der Waals surface area contributed by atoms with E-state index in [0.717, 1.165) is 6.42 Å². The first-order chi connectivity index (χ1) is 17.1. The van der Waals surface area contributed by atoms with E-state index in [4.69, 9.17) is 23.7 Å². The molecule has 8 atom stereocenters. The number of carbonyl (C=O) groups is 3. The topological polar surface area (TPSA) is 121 Å². The third kappa shape index (κ3) is 3.83. The van der Waals surface area contributed by atoms with Crippen LogP contribution < -0.4 is 0 Å². The normalized spacial score (nSPS) is 46.8. The van der Waals surface area contributed by atoms with Crippen LogP contribution in [0.15, 0.2) is 36.0 Å². The summed E-state index contributed by atoms with van der Waals surface area (Å²) in [6, 6.07) is 0. The number of ether oxygens (including phenoxy) is 5. The molecule has 2 spiro atoms. The zero-order valence-electron chi connectivity index (χ0n) is 20.9. The maximum absolute atomic E-state index is 12.9. The highest BCUT2D eigenvalue weighted by atomic mass is 16.6. The summed E-state index contributed by atoms with van der Waals surface area (Å²) >= 11 is 0. The van der Waals surface area contributed by atoms with E-state index in [2.05, 4.69) is 19.9 Å². The number of hydrogen-bond acceptors (Lipinski definition) is 9. The Morgan fingerprint density at radius 2 is 1.75 bits per heavy atom. The minimum absolute atomic E-state index is 0.00000344. The van der Waals surface area contributed by atoms with Gasteiger partial charge >= 0.3 is 17.9 Å². The molecular weight excluding hydrogens is 468 g/mol. The third-order valence-electron chi connectivity index (χ3n) is 9.12. The molecule has 36 heavy (non-hydrogen) atoms. The Kier molecular flexibility index (Phi) is 6.37. The van der Waals surface area contributed by atoms with Gasteiger partial charge in [-0.05, 0) is 32.1 Å². The molecule has 3 fully saturated rings. The number of carbonyl (C=O) groups excluding carboxylic acids is 3. The van der Waals surface area contributed by atoms with E-state index in [9.17, 15) is 19.5 Å². The van der Waals surface area contributed by atoms with Crippen molar-refractivity contribution in [2.45, 2.75) is 76.5 Å².